The van der Waals surface area contributed by atoms with Crippen LogP contribution in [0.4, 0.5) is 0 Å². The molecule has 1 aromatic heterocycles. The van der Waals surface area contributed by atoms with Gasteiger partial charge in [-0.15, -0.1) is 11.3 Å². The Morgan fingerprint density at radius 1 is 1.59 bits per heavy atom. The van der Waals surface area contributed by atoms with Crippen LogP contribution in [-0.2, 0) is 10.0 Å². The fraction of sp³-hybridized carbons (Fsp3) is 0.444. The quantitative estimate of drug-likeness (QED) is 0.900. The van der Waals surface area contributed by atoms with E-state index < -0.39 is 16.1 Å². The first-order valence-corrected chi connectivity index (χ1v) is 8.11. The van der Waals surface area contributed by atoms with Gasteiger partial charge in [0, 0.05) is 0 Å². The Morgan fingerprint density at radius 3 is 2.53 bits per heavy atom. The highest BCUT2D eigenvalue weighted by atomic mass is 79.9. The molecule has 94 valence electrons. The highest BCUT2D eigenvalue weighted by Gasteiger charge is 2.24. The van der Waals surface area contributed by atoms with Crippen LogP contribution in [0.2, 0.25) is 5.02 Å². The van der Waals surface area contributed by atoms with E-state index in [9.17, 15) is 8.42 Å². The van der Waals surface area contributed by atoms with Crippen LogP contribution in [0.5, 0.6) is 0 Å². The molecule has 1 rings (SSSR count). The number of nitrogens with one attached hydrogen (secondary N) is 1. The topological polar surface area (TPSA) is 70.0 Å². The molecule has 1 N–H and O–H groups in total. The van der Waals surface area contributed by atoms with Crippen LogP contribution in [0.25, 0.3) is 0 Å². The number of sulfonamides is 1. The van der Waals surface area contributed by atoms with E-state index in [1.54, 1.807) is 13.8 Å². The maximum absolute atomic E-state index is 11.9. The van der Waals surface area contributed by atoms with Crippen molar-refractivity contribution in [1.29, 1.82) is 5.26 Å². The smallest absolute Gasteiger partial charge is 0.206 e. The first-order valence-electron chi connectivity index (χ1n) is 4.64. The van der Waals surface area contributed by atoms with Crippen molar-refractivity contribution in [2.45, 2.75) is 24.1 Å². The maximum Gasteiger partial charge on any atom is 0.251 e. The van der Waals surface area contributed by atoms with E-state index >= 15 is 0 Å². The third-order valence-corrected chi connectivity index (χ3v) is 6.36. The molecule has 0 saturated heterocycles. The zero-order valence-electron chi connectivity index (χ0n) is 9.07. The maximum atomic E-state index is 11.9. The second kappa shape index (κ2) is 5.67. The summed E-state index contributed by atoms with van der Waals surface area (Å²) in [7, 11) is -3.69. The zero-order chi connectivity index (χ0) is 13.2. The predicted octanol–water partition coefficient (Wildman–Crippen LogP) is 2.99. The number of hydrogen-bond acceptors (Lipinski definition) is 4. The van der Waals surface area contributed by atoms with Crippen LogP contribution in [0, 0.1) is 17.2 Å². The molecule has 1 unspecified atom stereocenters. The van der Waals surface area contributed by atoms with Crippen molar-refractivity contribution in [2.24, 2.45) is 5.92 Å². The first-order chi connectivity index (χ1) is 7.77. The number of nitriles is 1. The number of rotatable bonds is 4. The largest absolute Gasteiger partial charge is 0.251 e. The van der Waals surface area contributed by atoms with E-state index in [4.69, 9.17) is 16.9 Å². The van der Waals surface area contributed by atoms with Crippen LogP contribution in [0.1, 0.15) is 13.8 Å². The molecule has 0 spiro atoms. The van der Waals surface area contributed by atoms with Crippen molar-refractivity contribution in [2.75, 3.05) is 0 Å². The molecule has 1 atom stereocenters. The highest BCUT2D eigenvalue weighted by Crippen LogP contribution is 2.34. The van der Waals surface area contributed by atoms with Gasteiger partial charge < -0.3 is 0 Å². The van der Waals surface area contributed by atoms with Gasteiger partial charge in [-0.05, 0) is 27.9 Å². The van der Waals surface area contributed by atoms with Gasteiger partial charge in [-0.2, -0.15) is 9.98 Å². The van der Waals surface area contributed by atoms with Gasteiger partial charge in [-0.1, -0.05) is 25.4 Å². The Labute approximate surface area is 118 Å². The van der Waals surface area contributed by atoms with Crippen LogP contribution in [-0.4, -0.2) is 14.5 Å². The van der Waals surface area contributed by atoms with Gasteiger partial charge in [0.1, 0.15) is 10.3 Å². The molecule has 4 nitrogen and oxygen atoms in total. The third-order valence-electron chi connectivity index (χ3n) is 1.98. The Balaban J connectivity index is 3.01. The summed E-state index contributed by atoms with van der Waals surface area (Å²) in [5.41, 5.74) is 0. The number of hydrogen-bond donors (Lipinski definition) is 1. The minimum Gasteiger partial charge on any atom is -0.206 e. The summed E-state index contributed by atoms with van der Waals surface area (Å²) in [6.07, 6.45) is 0. The lowest BCUT2D eigenvalue weighted by molar-refractivity contribution is 0.516. The molecule has 0 aliphatic heterocycles. The van der Waals surface area contributed by atoms with Gasteiger partial charge in [0.25, 0.3) is 10.0 Å². The molecular formula is C9H10BrClN2O2S2. The third kappa shape index (κ3) is 3.66. The van der Waals surface area contributed by atoms with Crippen molar-refractivity contribution in [3.8, 4) is 6.07 Å². The summed E-state index contributed by atoms with van der Waals surface area (Å²) < 4.78 is 26.9. The molecule has 1 aromatic rings. The van der Waals surface area contributed by atoms with Gasteiger partial charge in [-0.3, -0.25) is 0 Å². The molecule has 0 aliphatic rings. The molecule has 17 heavy (non-hydrogen) atoms. The first kappa shape index (κ1) is 14.9. The van der Waals surface area contributed by atoms with Gasteiger partial charge in [0.2, 0.25) is 0 Å². The molecule has 0 fully saturated rings. The van der Waals surface area contributed by atoms with E-state index in [-0.39, 0.29) is 10.1 Å². The standard InChI is InChI=1S/C9H10BrClN2O2S2/c1-5(2)7(4-12)13-17(14,15)8-3-6(11)9(10)16-8/h3,5,7,13H,1-2H3. The summed E-state index contributed by atoms with van der Waals surface area (Å²) >= 11 is 9.94. The Hall–Kier alpha value is -0.130. The predicted molar refractivity (Wildman–Crippen MR) is 71.6 cm³/mol. The Bertz CT molecular complexity index is 528. The second-order valence-corrected chi connectivity index (χ2v) is 8.38. The van der Waals surface area contributed by atoms with E-state index in [0.717, 1.165) is 11.3 Å². The van der Waals surface area contributed by atoms with E-state index in [0.29, 0.717) is 8.81 Å². The monoisotopic (exact) mass is 356 g/mol. The van der Waals surface area contributed by atoms with Gasteiger partial charge in [0.05, 0.1) is 14.9 Å². The van der Waals surface area contributed by atoms with Gasteiger partial charge in [-0.25, -0.2) is 8.42 Å². The Morgan fingerprint density at radius 2 is 2.18 bits per heavy atom. The SMILES string of the molecule is CC(C)C(C#N)NS(=O)(=O)c1cc(Cl)c(Br)s1. The second-order valence-electron chi connectivity index (χ2n) is 3.66. The number of thiophene rings is 1. The van der Waals surface area contributed by atoms with Crippen molar-refractivity contribution < 1.29 is 8.42 Å². The van der Waals surface area contributed by atoms with Crippen LogP contribution >= 0.6 is 38.9 Å². The van der Waals surface area contributed by atoms with Crippen molar-refractivity contribution in [1.82, 2.24) is 4.72 Å². The molecule has 0 aromatic carbocycles. The minimum atomic E-state index is -3.69. The van der Waals surface area contributed by atoms with Crippen molar-refractivity contribution in [3.63, 3.8) is 0 Å². The van der Waals surface area contributed by atoms with Crippen LogP contribution < -0.4 is 4.72 Å². The number of halogens is 2. The van der Waals surface area contributed by atoms with Crippen LogP contribution in [0.3, 0.4) is 0 Å². The molecule has 1 heterocycles. The summed E-state index contributed by atoms with van der Waals surface area (Å²) in [6, 6.07) is 2.52. The molecule has 0 radical (unpaired) electrons. The van der Waals surface area contributed by atoms with Gasteiger partial charge >= 0.3 is 0 Å². The summed E-state index contributed by atoms with van der Waals surface area (Å²) in [5.74, 6) is -0.103. The van der Waals surface area contributed by atoms with Gasteiger partial charge in [0.15, 0.2) is 0 Å². The molecule has 0 aliphatic carbocycles. The summed E-state index contributed by atoms with van der Waals surface area (Å²) in [6.45, 7) is 3.54. The normalized spacial score (nSPS) is 13.6. The fourth-order valence-corrected chi connectivity index (χ4v) is 4.70. The molecule has 0 amide bonds. The van der Waals surface area contributed by atoms with E-state index in [1.807, 2.05) is 6.07 Å². The Kier molecular flexibility index (Phi) is 4.98. The molecular weight excluding hydrogens is 348 g/mol. The average molecular weight is 358 g/mol. The summed E-state index contributed by atoms with van der Waals surface area (Å²) in [5, 5.41) is 9.20. The fourth-order valence-electron chi connectivity index (χ4n) is 0.996. The van der Waals surface area contributed by atoms with E-state index in [1.165, 1.54) is 6.07 Å². The molecule has 8 heteroatoms. The lowest BCUT2D eigenvalue weighted by Crippen LogP contribution is -2.36. The van der Waals surface area contributed by atoms with Crippen LogP contribution in [0.15, 0.2) is 14.1 Å². The number of nitrogens with zero attached hydrogens (tertiary/aromatic N) is 1. The summed E-state index contributed by atoms with van der Waals surface area (Å²) in [4.78, 5) is 0. The zero-order valence-corrected chi connectivity index (χ0v) is 13.0. The lowest BCUT2D eigenvalue weighted by Gasteiger charge is -2.13. The van der Waals surface area contributed by atoms with Crippen molar-refractivity contribution in [3.05, 3.63) is 14.9 Å². The van der Waals surface area contributed by atoms with E-state index in [2.05, 4.69) is 20.7 Å². The minimum absolute atomic E-state index is 0.0928. The average Bonchev–Trinajstić information content (AvgIpc) is 2.56. The molecule has 0 bridgehead atoms. The van der Waals surface area contributed by atoms with Crippen molar-refractivity contribution >= 4 is 48.9 Å². The molecule has 0 saturated carbocycles. The highest BCUT2D eigenvalue weighted by molar-refractivity contribution is 9.11. The lowest BCUT2D eigenvalue weighted by atomic mass is 10.1.